The molecular formula is C13H10BrF3N2O2S2. The highest BCUT2D eigenvalue weighted by Gasteiger charge is 2.32. The Kier molecular flexibility index (Phi) is 5.69. The normalized spacial score (nSPS) is 12.3. The number of sulfone groups is 1. The fraction of sp³-hybridized carbons (Fsp3) is 0.231. The highest BCUT2D eigenvalue weighted by Crippen LogP contribution is 2.28. The Balaban J connectivity index is 2.01. The van der Waals surface area contributed by atoms with Crippen molar-refractivity contribution in [3.8, 4) is 0 Å². The highest BCUT2D eigenvalue weighted by molar-refractivity contribution is 9.10. The molecular weight excluding hydrogens is 417 g/mol. The van der Waals surface area contributed by atoms with E-state index in [0.29, 0.717) is 0 Å². The molecule has 0 unspecified atom stereocenters. The molecule has 10 heteroatoms. The Bertz CT molecular complexity index is 781. The fourth-order valence-electron chi connectivity index (χ4n) is 1.57. The second-order valence-corrected chi connectivity index (χ2v) is 8.43. The maximum Gasteiger partial charge on any atom is 0.433 e. The van der Waals surface area contributed by atoms with Crippen LogP contribution in [0.25, 0.3) is 0 Å². The number of benzene rings is 1. The van der Waals surface area contributed by atoms with Crippen LogP contribution in [0.4, 0.5) is 13.2 Å². The zero-order valence-corrected chi connectivity index (χ0v) is 14.6. The molecule has 0 bridgehead atoms. The van der Waals surface area contributed by atoms with Crippen molar-refractivity contribution in [3.05, 3.63) is 46.7 Å². The summed E-state index contributed by atoms with van der Waals surface area (Å²) in [7, 11) is -3.51. The summed E-state index contributed by atoms with van der Waals surface area (Å²) in [4.78, 5) is 7.24. The van der Waals surface area contributed by atoms with Crippen LogP contribution in [0.1, 0.15) is 5.69 Å². The van der Waals surface area contributed by atoms with Gasteiger partial charge in [0.05, 0.1) is 10.6 Å². The minimum atomic E-state index is -4.55. The number of alkyl halides is 3. The van der Waals surface area contributed by atoms with E-state index in [0.717, 1.165) is 28.5 Å². The number of thioether (sulfide) groups is 1. The molecule has 1 aromatic carbocycles. The SMILES string of the molecule is O=S(=O)(CCSc1nccc(C(F)(F)F)n1)c1ccc(Br)cc1. The van der Waals surface area contributed by atoms with Crippen molar-refractivity contribution in [3.63, 3.8) is 0 Å². The number of halogens is 4. The molecule has 0 aliphatic rings. The topological polar surface area (TPSA) is 59.9 Å². The summed E-state index contributed by atoms with van der Waals surface area (Å²) >= 11 is 4.08. The quantitative estimate of drug-likeness (QED) is 0.537. The van der Waals surface area contributed by atoms with Gasteiger partial charge in [-0.2, -0.15) is 13.2 Å². The lowest BCUT2D eigenvalue weighted by molar-refractivity contribution is -0.141. The first kappa shape index (κ1) is 18.2. The van der Waals surface area contributed by atoms with Crippen LogP contribution < -0.4 is 0 Å². The van der Waals surface area contributed by atoms with E-state index >= 15 is 0 Å². The van der Waals surface area contributed by atoms with Crippen molar-refractivity contribution in [2.24, 2.45) is 0 Å². The molecule has 0 fully saturated rings. The van der Waals surface area contributed by atoms with Crippen molar-refractivity contribution in [2.45, 2.75) is 16.2 Å². The third-order valence-corrected chi connectivity index (χ3v) is 6.06. The molecule has 0 atom stereocenters. The summed E-state index contributed by atoms with van der Waals surface area (Å²) in [6, 6.07) is 6.91. The van der Waals surface area contributed by atoms with Gasteiger partial charge >= 0.3 is 6.18 Å². The first-order valence-electron chi connectivity index (χ1n) is 6.20. The summed E-state index contributed by atoms with van der Waals surface area (Å²) in [6.07, 6.45) is -3.55. The van der Waals surface area contributed by atoms with Crippen LogP contribution in [0.15, 0.2) is 51.1 Å². The Morgan fingerprint density at radius 3 is 2.39 bits per heavy atom. The van der Waals surface area contributed by atoms with Gasteiger partial charge in [0.15, 0.2) is 15.0 Å². The van der Waals surface area contributed by atoms with E-state index in [9.17, 15) is 21.6 Å². The number of nitrogens with zero attached hydrogens (tertiary/aromatic N) is 2. The molecule has 2 aromatic rings. The number of rotatable bonds is 5. The first-order chi connectivity index (χ1) is 10.7. The fourth-order valence-corrected chi connectivity index (χ4v) is 4.31. The van der Waals surface area contributed by atoms with Gasteiger partial charge < -0.3 is 0 Å². The molecule has 0 radical (unpaired) electrons. The molecule has 23 heavy (non-hydrogen) atoms. The summed E-state index contributed by atoms with van der Waals surface area (Å²) in [6.45, 7) is 0. The zero-order valence-electron chi connectivity index (χ0n) is 11.4. The lowest BCUT2D eigenvalue weighted by Gasteiger charge is -2.07. The first-order valence-corrected chi connectivity index (χ1v) is 9.63. The van der Waals surface area contributed by atoms with Crippen LogP contribution in [-0.2, 0) is 16.0 Å². The third-order valence-electron chi connectivity index (χ3n) is 2.68. The van der Waals surface area contributed by atoms with E-state index in [-0.39, 0.29) is 21.6 Å². The maximum atomic E-state index is 12.5. The number of hydrogen-bond acceptors (Lipinski definition) is 5. The molecule has 2 rings (SSSR count). The van der Waals surface area contributed by atoms with Crippen LogP contribution in [0, 0.1) is 0 Å². The van der Waals surface area contributed by atoms with Gasteiger partial charge in [-0.05, 0) is 30.3 Å². The summed E-state index contributed by atoms with van der Waals surface area (Å²) < 4.78 is 62.6. The molecule has 0 saturated heterocycles. The number of aromatic nitrogens is 2. The average molecular weight is 427 g/mol. The van der Waals surface area contributed by atoms with Crippen LogP contribution in [0.3, 0.4) is 0 Å². The van der Waals surface area contributed by atoms with Crippen LogP contribution in [0.5, 0.6) is 0 Å². The second kappa shape index (κ2) is 7.18. The molecule has 124 valence electrons. The largest absolute Gasteiger partial charge is 0.433 e. The maximum absolute atomic E-state index is 12.5. The van der Waals surface area contributed by atoms with Gasteiger partial charge in [0.1, 0.15) is 5.69 Å². The molecule has 0 spiro atoms. The monoisotopic (exact) mass is 426 g/mol. The standard InChI is InChI=1S/C13H10BrF3N2O2S2/c14-9-1-3-10(4-2-9)23(20,21)8-7-22-12-18-6-5-11(19-12)13(15,16)17/h1-6H,7-8H2. The summed E-state index contributed by atoms with van der Waals surface area (Å²) in [5.74, 6) is -0.168. The van der Waals surface area contributed by atoms with E-state index < -0.39 is 21.7 Å². The molecule has 1 aromatic heterocycles. The Hall–Kier alpha value is -1.13. The molecule has 0 aliphatic heterocycles. The van der Waals surface area contributed by atoms with E-state index in [1.54, 1.807) is 12.1 Å². The van der Waals surface area contributed by atoms with E-state index in [4.69, 9.17) is 0 Å². The van der Waals surface area contributed by atoms with Crippen molar-refractivity contribution >= 4 is 37.5 Å². The third kappa shape index (κ3) is 5.18. The van der Waals surface area contributed by atoms with Crippen molar-refractivity contribution < 1.29 is 21.6 Å². The van der Waals surface area contributed by atoms with Gasteiger partial charge in [-0.25, -0.2) is 18.4 Å². The molecule has 4 nitrogen and oxygen atoms in total. The van der Waals surface area contributed by atoms with Crippen LogP contribution in [0.2, 0.25) is 0 Å². The average Bonchev–Trinajstić information content (AvgIpc) is 2.47. The number of hydrogen-bond donors (Lipinski definition) is 0. The minimum absolute atomic E-state index is 0.0553. The molecule has 0 aliphatic carbocycles. The molecule has 1 heterocycles. The highest BCUT2D eigenvalue weighted by atomic mass is 79.9. The van der Waals surface area contributed by atoms with Gasteiger partial charge in [0.2, 0.25) is 0 Å². The molecule has 0 saturated carbocycles. The van der Waals surface area contributed by atoms with Crippen molar-refractivity contribution in [1.82, 2.24) is 9.97 Å². The minimum Gasteiger partial charge on any atom is -0.231 e. The van der Waals surface area contributed by atoms with Gasteiger partial charge in [-0.3, -0.25) is 0 Å². The van der Waals surface area contributed by atoms with Gasteiger partial charge in [0, 0.05) is 16.4 Å². The zero-order chi connectivity index (χ0) is 17.1. The van der Waals surface area contributed by atoms with Crippen molar-refractivity contribution in [2.75, 3.05) is 11.5 Å². The lowest BCUT2D eigenvalue weighted by atomic mass is 10.4. The Morgan fingerprint density at radius 1 is 1.13 bits per heavy atom. The van der Waals surface area contributed by atoms with Gasteiger partial charge in [0.25, 0.3) is 0 Å². The molecule has 0 N–H and O–H groups in total. The van der Waals surface area contributed by atoms with Crippen LogP contribution in [-0.4, -0.2) is 29.9 Å². The van der Waals surface area contributed by atoms with E-state index in [1.807, 2.05) is 0 Å². The predicted octanol–water partition coefficient (Wildman–Crippen LogP) is 3.82. The van der Waals surface area contributed by atoms with Crippen LogP contribution >= 0.6 is 27.7 Å². The van der Waals surface area contributed by atoms with E-state index in [2.05, 4.69) is 25.9 Å². The summed E-state index contributed by atoms with van der Waals surface area (Å²) in [5.41, 5.74) is -1.05. The predicted molar refractivity (Wildman–Crippen MR) is 84.0 cm³/mol. The Morgan fingerprint density at radius 2 is 1.78 bits per heavy atom. The molecule has 0 amide bonds. The Labute approximate surface area is 143 Å². The smallest absolute Gasteiger partial charge is 0.231 e. The lowest BCUT2D eigenvalue weighted by Crippen LogP contribution is -2.11. The summed E-state index contributed by atoms with van der Waals surface area (Å²) in [5, 5.41) is -0.106. The van der Waals surface area contributed by atoms with E-state index in [1.165, 1.54) is 12.1 Å². The van der Waals surface area contributed by atoms with Gasteiger partial charge in [-0.15, -0.1) is 0 Å². The second-order valence-electron chi connectivity index (χ2n) is 4.34. The van der Waals surface area contributed by atoms with Crippen molar-refractivity contribution in [1.29, 1.82) is 0 Å². The van der Waals surface area contributed by atoms with Gasteiger partial charge in [-0.1, -0.05) is 27.7 Å².